The Balaban J connectivity index is 1.75. The molecule has 1 aliphatic heterocycles. The van der Waals surface area contributed by atoms with Crippen LogP contribution in [0.25, 0.3) is 0 Å². The van der Waals surface area contributed by atoms with E-state index in [0.717, 1.165) is 16.9 Å². The Morgan fingerprint density at radius 3 is 2.69 bits per heavy atom. The summed E-state index contributed by atoms with van der Waals surface area (Å²) >= 11 is 0. The van der Waals surface area contributed by atoms with Crippen molar-refractivity contribution < 1.29 is 13.9 Å². The molecule has 1 aromatic carbocycles. The number of carbonyl (C=O) groups is 1. The van der Waals surface area contributed by atoms with Crippen molar-refractivity contribution in [3.8, 4) is 0 Å². The smallest absolute Gasteiger partial charge is 0.414 e. The molecule has 3 rings (SSSR count). The Kier molecular flexibility index (Phi) is 6.07. The lowest BCUT2D eigenvalue weighted by molar-refractivity contribution is 0.0576. The molecular weight excluding hydrogens is 371 g/mol. The highest BCUT2D eigenvalue weighted by Gasteiger charge is 2.31. The van der Waals surface area contributed by atoms with Crippen molar-refractivity contribution in [1.29, 1.82) is 0 Å². The lowest BCUT2D eigenvalue weighted by Gasteiger charge is -2.35. The second-order valence-electron chi connectivity index (χ2n) is 8.48. The molecule has 0 saturated heterocycles. The number of carbonyl (C=O) groups excluding carboxylic acids is 1. The fourth-order valence-corrected chi connectivity index (χ4v) is 3.32. The van der Waals surface area contributed by atoms with E-state index in [9.17, 15) is 9.18 Å². The topological polar surface area (TPSA) is 57.7 Å². The van der Waals surface area contributed by atoms with Crippen LogP contribution in [-0.4, -0.2) is 37.3 Å². The number of hydrogen-bond donors (Lipinski definition) is 1. The van der Waals surface area contributed by atoms with Gasteiger partial charge in [0.1, 0.15) is 17.2 Å². The first-order valence-electron chi connectivity index (χ1n) is 9.79. The summed E-state index contributed by atoms with van der Waals surface area (Å²) in [5.41, 5.74) is 1.91. The molecule has 1 N–H and O–H groups in total. The standard InChI is InChI=1S/C22H29FN4O2/c1-22(2,3)29-21(28)27-11-10-18(17-8-7-16(23)12-19(17)27)24-13-15-6-9-20(25-14-15)26(4)5/h6-9,12,14,18,24H,10-11,13H2,1-5H3. The number of amides is 1. The first kappa shape index (κ1) is 21.0. The van der Waals surface area contributed by atoms with Gasteiger partial charge in [0.15, 0.2) is 0 Å². The van der Waals surface area contributed by atoms with E-state index in [1.807, 2.05) is 58.1 Å². The minimum Gasteiger partial charge on any atom is -0.443 e. The molecule has 1 unspecified atom stereocenters. The molecule has 6 nitrogen and oxygen atoms in total. The predicted octanol–water partition coefficient (Wildman–Crippen LogP) is 4.26. The van der Waals surface area contributed by atoms with E-state index >= 15 is 0 Å². The molecule has 0 bridgehead atoms. The second kappa shape index (κ2) is 8.37. The summed E-state index contributed by atoms with van der Waals surface area (Å²) in [6, 6.07) is 8.60. The molecule has 1 amide bonds. The van der Waals surface area contributed by atoms with Gasteiger partial charge in [0, 0.05) is 39.4 Å². The number of nitrogens with one attached hydrogen (secondary N) is 1. The van der Waals surface area contributed by atoms with Crippen LogP contribution in [0.3, 0.4) is 0 Å². The van der Waals surface area contributed by atoms with Gasteiger partial charge in [0.25, 0.3) is 0 Å². The highest BCUT2D eigenvalue weighted by molar-refractivity contribution is 5.89. The third-order valence-electron chi connectivity index (χ3n) is 4.73. The van der Waals surface area contributed by atoms with E-state index in [1.165, 1.54) is 17.0 Å². The largest absolute Gasteiger partial charge is 0.443 e. The Hall–Kier alpha value is -2.67. The van der Waals surface area contributed by atoms with Gasteiger partial charge in [-0.15, -0.1) is 0 Å². The van der Waals surface area contributed by atoms with E-state index < -0.39 is 11.7 Å². The highest BCUT2D eigenvalue weighted by atomic mass is 19.1. The average molecular weight is 400 g/mol. The first-order valence-corrected chi connectivity index (χ1v) is 9.79. The summed E-state index contributed by atoms with van der Waals surface area (Å²) in [6.45, 7) is 6.55. The van der Waals surface area contributed by atoms with Crippen molar-refractivity contribution in [1.82, 2.24) is 10.3 Å². The Labute approximate surface area is 171 Å². The quantitative estimate of drug-likeness (QED) is 0.831. The molecule has 0 saturated carbocycles. The number of pyridine rings is 1. The maximum atomic E-state index is 13.9. The Morgan fingerprint density at radius 1 is 1.31 bits per heavy atom. The Bertz CT molecular complexity index is 862. The number of benzene rings is 1. The highest BCUT2D eigenvalue weighted by Crippen LogP contribution is 2.35. The van der Waals surface area contributed by atoms with Gasteiger partial charge in [0.2, 0.25) is 0 Å². The van der Waals surface area contributed by atoms with E-state index in [-0.39, 0.29) is 11.9 Å². The number of nitrogens with zero attached hydrogens (tertiary/aromatic N) is 3. The van der Waals surface area contributed by atoms with Crippen molar-refractivity contribution >= 4 is 17.6 Å². The predicted molar refractivity (Wildman–Crippen MR) is 113 cm³/mol. The molecule has 2 aromatic rings. The first-order chi connectivity index (χ1) is 13.6. The van der Waals surface area contributed by atoms with Gasteiger partial charge < -0.3 is 15.0 Å². The number of halogens is 1. The number of rotatable bonds is 4. The number of fused-ring (bicyclic) bond motifs is 1. The second-order valence-corrected chi connectivity index (χ2v) is 8.48. The van der Waals surface area contributed by atoms with Gasteiger partial charge in [-0.2, -0.15) is 0 Å². The van der Waals surface area contributed by atoms with Crippen LogP contribution in [0.2, 0.25) is 0 Å². The fraction of sp³-hybridized carbons (Fsp3) is 0.455. The molecule has 0 radical (unpaired) electrons. The molecule has 1 atom stereocenters. The average Bonchev–Trinajstić information content (AvgIpc) is 2.64. The van der Waals surface area contributed by atoms with E-state index in [1.54, 1.807) is 6.07 Å². The lowest BCUT2D eigenvalue weighted by Crippen LogP contribution is -2.42. The minimum absolute atomic E-state index is 0.0119. The summed E-state index contributed by atoms with van der Waals surface area (Å²) in [7, 11) is 3.91. The zero-order chi connectivity index (χ0) is 21.2. The van der Waals surface area contributed by atoms with Crippen LogP contribution in [0, 0.1) is 5.82 Å². The van der Waals surface area contributed by atoms with Crippen LogP contribution >= 0.6 is 0 Å². The number of anilines is 2. The molecule has 29 heavy (non-hydrogen) atoms. The van der Waals surface area contributed by atoms with Crippen molar-refractivity contribution in [3.63, 3.8) is 0 Å². The molecular formula is C22H29FN4O2. The maximum absolute atomic E-state index is 13.9. The number of aromatic nitrogens is 1. The van der Waals surface area contributed by atoms with Crippen molar-refractivity contribution in [3.05, 3.63) is 53.5 Å². The molecule has 7 heteroatoms. The van der Waals surface area contributed by atoms with Crippen molar-refractivity contribution in [2.75, 3.05) is 30.4 Å². The molecule has 2 heterocycles. The monoisotopic (exact) mass is 400 g/mol. The minimum atomic E-state index is -0.606. The zero-order valence-electron chi connectivity index (χ0n) is 17.7. The molecule has 0 aliphatic carbocycles. The zero-order valence-corrected chi connectivity index (χ0v) is 17.7. The molecule has 156 valence electrons. The molecule has 0 spiro atoms. The van der Waals surface area contributed by atoms with Crippen LogP contribution in [-0.2, 0) is 11.3 Å². The van der Waals surface area contributed by atoms with Crippen molar-refractivity contribution in [2.45, 2.75) is 45.4 Å². The van der Waals surface area contributed by atoms with Crippen LogP contribution in [0.15, 0.2) is 36.5 Å². The number of ether oxygens (including phenoxy) is 1. The van der Waals surface area contributed by atoms with E-state index in [4.69, 9.17) is 4.74 Å². The van der Waals surface area contributed by atoms with Gasteiger partial charge in [0.05, 0.1) is 5.69 Å². The van der Waals surface area contributed by atoms with Crippen molar-refractivity contribution in [2.24, 2.45) is 0 Å². The van der Waals surface area contributed by atoms with Gasteiger partial charge in [-0.1, -0.05) is 12.1 Å². The summed E-state index contributed by atoms with van der Waals surface area (Å²) < 4.78 is 19.4. The third kappa shape index (κ3) is 5.23. The lowest BCUT2D eigenvalue weighted by atomic mass is 9.96. The van der Waals surface area contributed by atoms with Gasteiger partial charge in [-0.05, 0) is 56.5 Å². The maximum Gasteiger partial charge on any atom is 0.414 e. The van der Waals surface area contributed by atoms with Gasteiger partial charge in [-0.25, -0.2) is 14.2 Å². The van der Waals surface area contributed by atoms with Crippen LogP contribution in [0.4, 0.5) is 20.7 Å². The summed E-state index contributed by atoms with van der Waals surface area (Å²) in [5.74, 6) is 0.529. The number of hydrogen-bond acceptors (Lipinski definition) is 5. The van der Waals surface area contributed by atoms with Crippen LogP contribution < -0.4 is 15.1 Å². The third-order valence-corrected chi connectivity index (χ3v) is 4.73. The van der Waals surface area contributed by atoms with Gasteiger partial charge >= 0.3 is 6.09 Å². The Morgan fingerprint density at radius 2 is 2.07 bits per heavy atom. The SMILES string of the molecule is CN(C)c1ccc(CNC2CCN(C(=O)OC(C)(C)C)c3cc(F)ccc32)cn1. The van der Waals surface area contributed by atoms with E-state index in [0.29, 0.717) is 25.2 Å². The molecule has 1 aliphatic rings. The molecule has 0 fully saturated rings. The van der Waals surface area contributed by atoms with Crippen LogP contribution in [0.5, 0.6) is 0 Å². The summed E-state index contributed by atoms with van der Waals surface area (Å²) in [5, 5.41) is 3.52. The normalized spacial score (nSPS) is 16.3. The summed E-state index contributed by atoms with van der Waals surface area (Å²) in [6.07, 6.45) is 2.11. The summed E-state index contributed by atoms with van der Waals surface area (Å²) in [4.78, 5) is 20.5. The van der Waals surface area contributed by atoms with Crippen LogP contribution in [0.1, 0.15) is 44.4 Å². The van der Waals surface area contributed by atoms with E-state index in [2.05, 4.69) is 10.3 Å². The van der Waals surface area contributed by atoms with Gasteiger partial charge in [-0.3, -0.25) is 4.90 Å². The molecule has 1 aromatic heterocycles. The fourth-order valence-electron chi connectivity index (χ4n) is 3.32.